The molecule has 0 spiro atoms. The third-order valence-electron chi connectivity index (χ3n) is 21.0. The van der Waals surface area contributed by atoms with Crippen molar-refractivity contribution in [3.63, 3.8) is 0 Å². The Kier molecular flexibility index (Phi) is 94.6. The molecule has 0 aliphatic heterocycles. The summed E-state index contributed by atoms with van der Waals surface area (Å²) in [6, 6.07) is 0. The molecular formula is C109H182O16P2. The second-order valence-corrected chi connectivity index (χ2v) is 36.0. The summed E-state index contributed by atoms with van der Waals surface area (Å²) in [5.74, 6) is -1.58. The largest absolute Gasteiger partial charge is 0.472 e. The quantitative estimate of drug-likeness (QED) is 0.0146. The van der Waals surface area contributed by atoms with Crippen molar-refractivity contribution in [2.45, 2.75) is 424 Å². The Morgan fingerprint density at radius 3 is 0.622 bits per heavy atom. The summed E-state index contributed by atoms with van der Waals surface area (Å²) in [6.07, 6.45) is 134. The smallest absolute Gasteiger partial charge is 0.463 e. The molecule has 18 heteroatoms. The number of unbranched alkanes of at least 4 members (excludes halogenated alkanes) is 37. The summed E-state index contributed by atoms with van der Waals surface area (Å²) >= 11 is 0. The number of aliphatic hydroxyl groups is 2. The van der Waals surface area contributed by atoms with Crippen LogP contribution in [-0.2, 0) is 55.8 Å². The van der Waals surface area contributed by atoms with Gasteiger partial charge in [0.1, 0.15) is 25.4 Å². The molecule has 0 rings (SSSR count). The van der Waals surface area contributed by atoms with E-state index in [4.69, 9.17) is 32.3 Å². The van der Waals surface area contributed by atoms with Gasteiger partial charge in [-0.2, -0.15) is 0 Å². The minimum Gasteiger partial charge on any atom is -0.463 e. The van der Waals surface area contributed by atoms with Crippen LogP contribution in [0.4, 0.5) is 0 Å². The lowest BCUT2D eigenvalue weighted by atomic mass is 10.0. The number of hydrogen-bond acceptors (Lipinski definition) is 14. The second-order valence-electron chi connectivity index (χ2n) is 33.1. The fourth-order valence-corrected chi connectivity index (χ4v) is 15.1. The number of aliphatic hydroxyl groups excluding tert-OH is 2. The first-order valence-corrected chi connectivity index (χ1v) is 53.4. The van der Waals surface area contributed by atoms with Gasteiger partial charge < -0.3 is 34.2 Å². The zero-order chi connectivity index (χ0) is 92.1. The molecule has 127 heavy (non-hydrogen) atoms. The molecule has 0 bridgehead atoms. The average Bonchev–Trinajstić information content (AvgIpc) is 0.899. The number of carbonyl (C=O) groups excluding carboxylic acids is 3. The van der Waals surface area contributed by atoms with Crippen molar-refractivity contribution in [2.75, 3.05) is 39.6 Å². The predicted molar refractivity (Wildman–Crippen MR) is 537 cm³/mol. The van der Waals surface area contributed by atoms with E-state index in [0.717, 1.165) is 205 Å². The molecule has 0 saturated carbocycles. The zero-order valence-electron chi connectivity index (χ0n) is 80.1. The molecule has 16 nitrogen and oxygen atoms in total. The Hall–Kier alpha value is -5.87. The van der Waals surface area contributed by atoms with E-state index in [9.17, 15) is 43.5 Å². The Morgan fingerprint density at radius 1 is 0.220 bits per heavy atom. The van der Waals surface area contributed by atoms with Gasteiger partial charge in [0, 0.05) is 19.3 Å². The summed E-state index contributed by atoms with van der Waals surface area (Å²) in [5, 5.41) is 20.8. The predicted octanol–water partition coefficient (Wildman–Crippen LogP) is 31.9. The topological polar surface area (TPSA) is 231 Å². The van der Waals surface area contributed by atoms with E-state index >= 15 is 0 Å². The highest BCUT2D eigenvalue weighted by Crippen LogP contribution is 2.45. The number of rotatable bonds is 94. The fourth-order valence-electron chi connectivity index (χ4n) is 13.5. The number of esters is 3. The maximum absolute atomic E-state index is 13.1. The molecule has 5 unspecified atom stereocenters. The summed E-state index contributed by atoms with van der Waals surface area (Å²) in [5.41, 5.74) is 0. The van der Waals surface area contributed by atoms with E-state index < -0.39 is 91.5 Å². The summed E-state index contributed by atoms with van der Waals surface area (Å²) < 4.78 is 61.7. The van der Waals surface area contributed by atoms with Crippen LogP contribution in [0.25, 0.3) is 0 Å². The van der Waals surface area contributed by atoms with Crippen LogP contribution in [0.3, 0.4) is 0 Å². The average molecular weight is 1810 g/mol. The first-order valence-electron chi connectivity index (χ1n) is 50.4. The molecule has 0 heterocycles. The van der Waals surface area contributed by atoms with E-state index in [1.165, 1.54) is 141 Å². The lowest BCUT2D eigenvalue weighted by Crippen LogP contribution is -2.30. The van der Waals surface area contributed by atoms with E-state index in [0.29, 0.717) is 19.3 Å². The van der Waals surface area contributed by atoms with Crippen LogP contribution in [0.15, 0.2) is 207 Å². The minimum absolute atomic E-state index is 0.0889. The Bertz CT molecular complexity index is 3140. The Labute approximate surface area is 775 Å². The Morgan fingerprint density at radius 2 is 0.394 bits per heavy atom. The summed E-state index contributed by atoms with van der Waals surface area (Å²) in [6.45, 7) is 2.38. The molecule has 0 amide bonds. The van der Waals surface area contributed by atoms with Crippen molar-refractivity contribution in [1.82, 2.24) is 0 Å². The van der Waals surface area contributed by atoms with E-state index in [1.54, 1.807) is 0 Å². The maximum atomic E-state index is 13.1. The third kappa shape index (κ3) is 101. The number of phosphoric ester groups is 2. The molecular weight excluding hydrogens is 1630 g/mol. The van der Waals surface area contributed by atoms with Gasteiger partial charge in [-0.15, -0.1) is 0 Å². The van der Waals surface area contributed by atoms with Crippen LogP contribution in [0, 0.1) is 0 Å². The van der Waals surface area contributed by atoms with Gasteiger partial charge in [-0.05, 0) is 167 Å². The van der Waals surface area contributed by atoms with Gasteiger partial charge in [0.05, 0.1) is 26.4 Å². The third-order valence-corrected chi connectivity index (χ3v) is 22.9. The molecule has 0 aromatic heterocycles. The maximum Gasteiger partial charge on any atom is 0.472 e. The van der Waals surface area contributed by atoms with Gasteiger partial charge in [-0.3, -0.25) is 32.5 Å². The van der Waals surface area contributed by atoms with Crippen LogP contribution in [0.2, 0.25) is 0 Å². The summed E-state index contributed by atoms with van der Waals surface area (Å²) in [7, 11) is -9.83. The minimum atomic E-state index is -4.95. The normalized spacial score (nSPS) is 14.5. The lowest BCUT2D eigenvalue weighted by Gasteiger charge is -2.21. The van der Waals surface area contributed by atoms with Gasteiger partial charge in [0.25, 0.3) is 0 Å². The highest BCUT2D eigenvalue weighted by molar-refractivity contribution is 7.47. The highest BCUT2D eigenvalue weighted by Gasteiger charge is 2.30. The molecule has 5 atom stereocenters. The number of allylic oxidation sites excluding steroid dienone is 34. The molecule has 0 radical (unpaired) electrons. The molecule has 4 N–H and O–H groups in total. The first-order chi connectivity index (χ1) is 62.2. The van der Waals surface area contributed by atoms with Gasteiger partial charge in [-0.1, -0.05) is 426 Å². The van der Waals surface area contributed by atoms with Crippen molar-refractivity contribution in [3.8, 4) is 0 Å². The van der Waals surface area contributed by atoms with Crippen LogP contribution in [-0.4, -0.2) is 95.9 Å². The van der Waals surface area contributed by atoms with Crippen molar-refractivity contribution >= 4 is 33.6 Å². The second kappa shape index (κ2) is 99.1. The number of phosphoric acid groups is 2. The van der Waals surface area contributed by atoms with Crippen LogP contribution in [0.1, 0.15) is 406 Å². The van der Waals surface area contributed by atoms with Gasteiger partial charge in [-0.25, -0.2) is 9.13 Å². The fraction of sp³-hybridized carbons (Fsp3) is 0.661. The van der Waals surface area contributed by atoms with Crippen LogP contribution >= 0.6 is 15.6 Å². The molecule has 0 aliphatic rings. The molecule has 724 valence electrons. The van der Waals surface area contributed by atoms with Crippen molar-refractivity contribution < 1.29 is 75.8 Å². The van der Waals surface area contributed by atoms with Crippen molar-refractivity contribution in [2.24, 2.45) is 0 Å². The zero-order valence-corrected chi connectivity index (χ0v) is 81.9. The number of carbonyl (C=O) groups is 3. The molecule has 0 aromatic carbocycles. The lowest BCUT2D eigenvalue weighted by molar-refractivity contribution is -0.161. The SMILES string of the molecule is CC/C=C\C/C=C\C/C=C\C/C=C\C/C=C\C/C=C\CCCCCCCCCCCCCCCCC(=O)OCC(O)COP(=O)(O)OCC(O)COP(=O)(O)OCC(COC(=O)CCCCCCCCCCCCCCCCC/C=C\C/C=C\C/C=C\C/C=C\C/C=C\CC)OC(=O)CCCCCCCCCC/C=C\C/C=C\C/C=C\C/C=C\C/C=C\C/C=C\CC. The van der Waals surface area contributed by atoms with Crippen LogP contribution < -0.4 is 0 Å². The van der Waals surface area contributed by atoms with Gasteiger partial charge in [0.2, 0.25) is 0 Å². The van der Waals surface area contributed by atoms with E-state index in [1.807, 2.05) is 0 Å². The number of ether oxygens (including phenoxy) is 3. The monoisotopic (exact) mass is 1810 g/mol. The Balaban J connectivity index is 4.64. The highest BCUT2D eigenvalue weighted by atomic mass is 31.2. The molecule has 0 saturated heterocycles. The molecule has 0 aliphatic carbocycles. The van der Waals surface area contributed by atoms with Crippen molar-refractivity contribution in [3.05, 3.63) is 207 Å². The molecule has 0 fully saturated rings. The first kappa shape index (κ1) is 121. The van der Waals surface area contributed by atoms with Crippen LogP contribution in [0.5, 0.6) is 0 Å². The van der Waals surface area contributed by atoms with E-state index in [-0.39, 0.29) is 19.3 Å². The summed E-state index contributed by atoms with van der Waals surface area (Å²) in [4.78, 5) is 59.2. The molecule has 0 aromatic rings. The standard InChI is InChI=1S/C109H182O16P2/c1-4-7-10-13-16-19-22-25-28-31-34-37-40-43-46-48-50-51-53-55-57-59-62-65-68-71-74-77-80-83-86-89-92-95-107(112)119-98-104(110)99-121-126(115,116)122-100-105(111)101-123-127(117,118)124-103-106(125-109(114)97-94-91-88-85-82-79-76-73-70-67-64-61-56-45-42-39-36-33-30-27-24-21-18-15-12-9-6-3)102-120-108(113)96-93-90-87-84-81-78-75-72-69-66-63-60-58-54-52-49-47-44-41-38-35-32-29-26-23-20-17-14-11-8-5-2/h7-12,16-21,25-30,34-39,43-47,50-51,56,64,67,104-106,110-111H,4-6,13-15,22-24,31-33,40-42,48-49,52-55,57-63,65-66,68-103H2,1-3H3,(H,115,116)(H,117,118)/b10-7-,11-8-,12-9-,19-16-,20-17-,21-18-,28-25-,29-26-,30-27-,37-34-,38-35-,39-36-,46-43-,47-44-,51-50-,56-45-,67-64-. The van der Waals surface area contributed by atoms with E-state index in [2.05, 4.69) is 227 Å². The van der Waals surface area contributed by atoms with Gasteiger partial charge in [0.15, 0.2) is 6.10 Å². The number of hydrogen-bond donors (Lipinski definition) is 4. The van der Waals surface area contributed by atoms with Gasteiger partial charge >= 0.3 is 33.6 Å². The van der Waals surface area contributed by atoms with Crippen molar-refractivity contribution in [1.29, 1.82) is 0 Å².